The molecule has 1 unspecified atom stereocenters. The van der Waals surface area contributed by atoms with Crippen molar-refractivity contribution in [2.45, 2.75) is 25.6 Å². The Balaban J connectivity index is 2.75. The minimum absolute atomic E-state index is 0.307. The van der Waals surface area contributed by atoms with Crippen LogP contribution in [-0.4, -0.2) is 43.2 Å². The second kappa shape index (κ2) is 8.36. The molecule has 0 bridgehead atoms. The van der Waals surface area contributed by atoms with Gasteiger partial charge in [0.25, 0.3) is 0 Å². The van der Waals surface area contributed by atoms with Gasteiger partial charge in [-0.15, -0.1) is 0 Å². The largest absolute Gasteiger partial charge is 0.496 e. The molecule has 0 amide bonds. The summed E-state index contributed by atoms with van der Waals surface area (Å²) in [6.45, 7) is 4.06. The number of halogens is 5. The van der Waals surface area contributed by atoms with Gasteiger partial charge in [-0.2, -0.15) is 13.2 Å². The van der Waals surface area contributed by atoms with Crippen molar-refractivity contribution in [1.29, 1.82) is 0 Å². The smallest absolute Gasteiger partial charge is 0.425 e. The summed E-state index contributed by atoms with van der Waals surface area (Å²) in [7, 11) is 2.90. The van der Waals surface area contributed by atoms with E-state index in [1.54, 1.807) is 11.9 Å². The number of nitrogens with zero attached hydrogens (tertiary/aromatic N) is 2. The molecule has 2 aromatic rings. The molecule has 2 aromatic carbocycles. The van der Waals surface area contributed by atoms with Gasteiger partial charge in [0.05, 0.1) is 19.1 Å². The Labute approximate surface area is 165 Å². The first-order chi connectivity index (χ1) is 13.4. The predicted octanol–water partition coefficient (Wildman–Crippen LogP) is 4.69. The van der Waals surface area contributed by atoms with E-state index in [0.29, 0.717) is 36.0 Å². The highest BCUT2D eigenvalue weighted by Crippen LogP contribution is 2.48. The Morgan fingerprint density at radius 1 is 1.10 bits per heavy atom. The number of hydrogen-bond acceptors (Lipinski definition) is 3. The second-order valence-electron chi connectivity index (χ2n) is 6.52. The number of aliphatic imine (C=N–C) groups is 1. The van der Waals surface area contributed by atoms with E-state index in [4.69, 9.17) is 4.74 Å². The molecule has 0 heterocycles. The second-order valence-corrected chi connectivity index (χ2v) is 6.52. The number of methoxy groups -OCH3 is 1. The van der Waals surface area contributed by atoms with E-state index < -0.39 is 34.5 Å². The van der Waals surface area contributed by atoms with Crippen molar-refractivity contribution in [2.24, 2.45) is 4.99 Å². The first-order valence-electron chi connectivity index (χ1n) is 8.63. The van der Waals surface area contributed by atoms with Crippen LogP contribution in [0.5, 0.6) is 5.75 Å². The molecule has 0 aromatic heterocycles. The average Bonchev–Trinajstić information content (AvgIpc) is 2.64. The molecule has 0 spiro atoms. The molecule has 1 N–H and O–H groups in total. The molecular weight excluding hydrogens is 395 g/mol. The third-order valence-corrected chi connectivity index (χ3v) is 4.49. The molecule has 158 valence electrons. The van der Waals surface area contributed by atoms with Crippen molar-refractivity contribution < 1.29 is 31.8 Å². The Morgan fingerprint density at radius 2 is 1.69 bits per heavy atom. The lowest BCUT2D eigenvalue weighted by atomic mass is 9.84. The molecule has 29 heavy (non-hydrogen) atoms. The van der Waals surface area contributed by atoms with Gasteiger partial charge in [0.15, 0.2) is 0 Å². The van der Waals surface area contributed by atoms with Crippen LogP contribution in [-0.2, 0) is 5.60 Å². The molecule has 1 atom stereocenters. The van der Waals surface area contributed by atoms with Crippen molar-refractivity contribution in [2.75, 3.05) is 20.7 Å². The maximum absolute atomic E-state index is 14.0. The maximum Gasteiger partial charge on any atom is 0.425 e. The molecule has 0 saturated carbocycles. The average molecular weight is 416 g/mol. The minimum Gasteiger partial charge on any atom is -0.496 e. The van der Waals surface area contributed by atoms with Gasteiger partial charge in [0, 0.05) is 36.9 Å². The Kier molecular flexibility index (Phi) is 6.52. The number of hydrogen-bond donors (Lipinski definition) is 1. The highest BCUT2D eigenvalue weighted by Gasteiger charge is 2.58. The monoisotopic (exact) mass is 416 g/mol. The highest BCUT2D eigenvalue weighted by molar-refractivity contribution is 5.66. The van der Waals surface area contributed by atoms with Gasteiger partial charge >= 0.3 is 6.18 Å². The Morgan fingerprint density at radius 3 is 2.17 bits per heavy atom. The van der Waals surface area contributed by atoms with Crippen LogP contribution >= 0.6 is 0 Å². The number of alkyl halides is 3. The lowest BCUT2D eigenvalue weighted by molar-refractivity contribution is -0.248. The van der Waals surface area contributed by atoms with Gasteiger partial charge in [-0.25, -0.2) is 13.8 Å². The standard InChI is InChI=1S/C20H21F5N2O2/c1-5-27(3)11-26-17-10-18(29-4)16(6-12(17)2)19(28,20(23,24)25)13-7-14(21)9-15(22)8-13/h6-11,28H,5H2,1-4H3/b26-11+. The van der Waals surface area contributed by atoms with E-state index in [0.717, 1.165) is 13.2 Å². The van der Waals surface area contributed by atoms with Gasteiger partial charge in [-0.3, -0.25) is 0 Å². The minimum atomic E-state index is -5.29. The molecule has 0 radical (unpaired) electrons. The molecule has 0 aliphatic heterocycles. The number of aliphatic hydroxyl groups is 1. The highest BCUT2D eigenvalue weighted by atomic mass is 19.4. The van der Waals surface area contributed by atoms with E-state index in [-0.39, 0.29) is 5.75 Å². The first kappa shape index (κ1) is 22.6. The van der Waals surface area contributed by atoms with Crippen molar-refractivity contribution >= 4 is 12.0 Å². The Bertz CT molecular complexity index is 894. The van der Waals surface area contributed by atoms with Crippen LogP contribution in [0.15, 0.2) is 35.3 Å². The van der Waals surface area contributed by atoms with Crippen LogP contribution < -0.4 is 4.74 Å². The van der Waals surface area contributed by atoms with Gasteiger partial charge < -0.3 is 14.7 Å². The number of aryl methyl sites for hydroxylation is 1. The van der Waals surface area contributed by atoms with E-state index in [2.05, 4.69) is 4.99 Å². The fourth-order valence-corrected chi connectivity index (χ4v) is 2.75. The fourth-order valence-electron chi connectivity index (χ4n) is 2.75. The van der Waals surface area contributed by atoms with Crippen LogP contribution in [0.3, 0.4) is 0 Å². The van der Waals surface area contributed by atoms with E-state index >= 15 is 0 Å². The van der Waals surface area contributed by atoms with Crippen LogP contribution in [0.2, 0.25) is 0 Å². The summed E-state index contributed by atoms with van der Waals surface area (Å²) in [5.41, 5.74) is -4.77. The number of ether oxygens (including phenoxy) is 1. The van der Waals surface area contributed by atoms with E-state index in [9.17, 15) is 27.1 Å². The summed E-state index contributed by atoms with van der Waals surface area (Å²) in [6, 6.07) is 3.58. The molecular formula is C20H21F5N2O2. The predicted molar refractivity (Wildman–Crippen MR) is 99.6 cm³/mol. The van der Waals surface area contributed by atoms with Crippen molar-refractivity contribution in [3.05, 3.63) is 58.7 Å². The topological polar surface area (TPSA) is 45.1 Å². The summed E-state index contributed by atoms with van der Waals surface area (Å²) in [5.74, 6) is -2.82. The van der Waals surface area contributed by atoms with Gasteiger partial charge in [0.1, 0.15) is 17.4 Å². The zero-order valence-electron chi connectivity index (χ0n) is 16.3. The van der Waals surface area contributed by atoms with Crippen molar-refractivity contribution in [3.63, 3.8) is 0 Å². The van der Waals surface area contributed by atoms with Crippen LogP contribution in [0.25, 0.3) is 0 Å². The van der Waals surface area contributed by atoms with E-state index in [1.165, 1.54) is 19.3 Å². The van der Waals surface area contributed by atoms with Crippen LogP contribution in [0, 0.1) is 18.6 Å². The van der Waals surface area contributed by atoms with Gasteiger partial charge in [0.2, 0.25) is 5.60 Å². The van der Waals surface area contributed by atoms with Crippen LogP contribution in [0.1, 0.15) is 23.6 Å². The normalized spacial score (nSPS) is 14.1. The summed E-state index contributed by atoms with van der Waals surface area (Å²) in [4.78, 5) is 5.96. The zero-order valence-corrected chi connectivity index (χ0v) is 16.3. The molecule has 4 nitrogen and oxygen atoms in total. The first-order valence-corrected chi connectivity index (χ1v) is 8.63. The molecule has 0 aliphatic carbocycles. The maximum atomic E-state index is 14.0. The number of rotatable bonds is 6. The number of benzene rings is 2. The third kappa shape index (κ3) is 4.50. The van der Waals surface area contributed by atoms with E-state index in [1.807, 2.05) is 6.92 Å². The van der Waals surface area contributed by atoms with Crippen molar-refractivity contribution in [3.8, 4) is 5.75 Å². The quantitative estimate of drug-likeness (QED) is 0.422. The lowest BCUT2D eigenvalue weighted by Crippen LogP contribution is -2.43. The summed E-state index contributed by atoms with van der Waals surface area (Å²) in [5, 5.41) is 10.7. The molecule has 0 fully saturated rings. The van der Waals surface area contributed by atoms with Crippen molar-refractivity contribution in [1.82, 2.24) is 4.90 Å². The summed E-state index contributed by atoms with van der Waals surface area (Å²) < 4.78 is 74.3. The molecule has 0 saturated heterocycles. The summed E-state index contributed by atoms with van der Waals surface area (Å²) in [6.07, 6.45) is -3.79. The lowest BCUT2D eigenvalue weighted by Gasteiger charge is -2.33. The SMILES string of the molecule is CCN(C)/C=N/c1cc(OC)c(C(O)(c2cc(F)cc(F)c2)C(F)(F)F)cc1C. The van der Waals surface area contributed by atoms with Gasteiger partial charge in [-0.05, 0) is 37.6 Å². The zero-order chi connectivity index (χ0) is 22.0. The fraction of sp³-hybridized carbons (Fsp3) is 0.350. The van der Waals surface area contributed by atoms with Gasteiger partial charge in [-0.1, -0.05) is 0 Å². The Hall–Kier alpha value is -2.68. The third-order valence-electron chi connectivity index (χ3n) is 4.49. The molecule has 2 rings (SSSR count). The molecule has 9 heteroatoms. The molecule has 0 aliphatic rings. The van der Waals surface area contributed by atoms with Crippen LogP contribution in [0.4, 0.5) is 27.6 Å². The summed E-state index contributed by atoms with van der Waals surface area (Å²) >= 11 is 0.